The van der Waals surface area contributed by atoms with Crippen molar-refractivity contribution in [3.8, 4) is 5.88 Å². The quantitative estimate of drug-likeness (QED) is 0.908. The summed E-state index contributed by atoms with van der Waals surface area (Å²) in [6, 6.07) is 9.19. The first-order valence-corrected chi connectivity index (χ1v) is 5.50. The van der Waals surface area contributed by atoms with Gasteiger partial charge in [-0.3, -0.25) is 0 Å². The molecule has 5 heteroatoms. The van der Waals surface area contributed by atoms with Gasteiger partial charge in [0.15, 0.2) is 0 Å². The molecule has 1 aromatic heterocycles. The molecule has 0 bridgehead atoms. The molecule has 0 amide bonds. The van der Waals surface area contributed by atoms with E-state index in [2.05, 4.69) is 9.97 Å². The summed E-state index contributed by atoms with van der Waals surface area (Å²) in [5.41, 5.74) is 7.33. The maximum atomic E-state index is 5.79. The topological polar surface area (TPSA) is 61.0 Å². The van der Waals surface area contributed by atoms with Crippen molar-refractivity contribution in [2.45, 2.75) is 13.5 Å². The summed E-state index contributed by atoms with van der Waals surface area (Å²) >= 11 is 5.79. The second-order valence-electron chi connectivity index (χ2n) is 3.62. The molecule has 88 valence electrons. The molecule has 0 unspecified atom stereocenters. The molecule has 1 aromatic carbocycles. The Hall–Kier alpha value is -1.81. The number of aromatic nitrogens is 2. The molecular formula is C12H12ClN3O. The molecule has 0 aliphatic carbocycles. The van der Waals surface area contributed by atoms with Crippen molar-refractivity contribution in [1.29, 1.82) is 0 Å². The molecule has 4 nitrogen and oxygen atoms in total. The number of aryl methyl sites for hydroxylation is 1. The third-order valence-electron chi connectivity index (χ3n) is 2.15. The lowest BCUT2D eigenvalue weighted by Gasteiger charge is -2.06. The standard InChI is InChI=1S/C12H12ClN3O/c1-8-6-11(16-12(14)15-8)17-7-9-2-4-10(13)5-3-9/h2-6H,7H2,1H3,(H2,14,15,16). The van der Waals surface area contributed by atoms with Crippen LogP contribution in [-0.2, 0) is 6.61 Å². The van der Waals surface area contributed by atoms with Gasteiger partial charge < -0.3 is 10.5 Å². The van der Waals surface area contributed by atoms with Crippen molar-refractivity contribution >= 4 is 17.5 Å². The van der Waals surface area contributed by atoms with Crippen molar-refractivity contribution in [3.63, 3.8) is 0 Å². The lowest BCUT2D eigenvalue weighted by atomic mass is 10.2. The molecule has 0 atom stereocenters. The van der Waals surface area contributed by atoms with Gasteiger partial charge in [0.1, 0.15) is 6.61 Å². The number of hydrogen-bond donors (Lipinski definition) is 1. The number of rotatable bonds is 3. The number of benzene rings is 1. The molecule has 0 radical (unpaired) electrons. The van der Waals surface area contributed by atoms with E-state index in [0.717, 1.165) is 11.3 Å². The Morgan fingerprint density at radius 2 is 1.94 bits per heavy atom. The van der Waals surface area contributed by atoms with E-state index in [1.165, 1.54) is 0 Å². The van der Waals surface area contributed by atoms with E-state index in [0.29, 0.717) is 17.5 Å². The Bertz CT molecular complexity index is 493. The first kappa shape index (κ1) is 11.7. The van der Waals surface area contributed by atoms with Crippen molar-refractivity contribution in [2.75, 3.05) is 5.73 Å². The highest BCUT2D eigenvalue weighted by atomic mass is 35.5. The number of anilines is 1. The molecule has 0 saturated heterocycles. The summed E-state index contributed by atoms with van der Waals surface area (Å²) in [6.07, 6.45) is 0. The number of nitrogens with two attached hydrogens (primary N) is 1. The summed E-state index contributed by atoms with van der Waals surface area (Å²) in [7, 11) is 0. The van der Waals surface area contributed by atoms with Crippen LogP contribution in [0.15, 0.2) is 30.3 Å². The molecule has 0 saturated carbocycles. The van der Waals surface area contributed by atoms with E-state index in [1.807, 2.05) is 31.2 Å². The molecule has 2 aromatic rings. The van der Waals surface area contributed by atoms with Crippen LogP contribution in [0, 0.1) is 6.92 Å². The predicted molar refractivity (Wildman–Crippen MR) is 67.0 cm³/mol. The van der Waals surface area contributed by atoms with Crippen molar-refractivity contribution in [3.05, 3.63) is 46.6 Å². The van der Waals surface area contributed by atoms with E-state index in [-0.39, 0.29) is 5.95 Å². The second kappa shape index (κ2) is 5.01. The van der Waals surface area contributed by atoms with Gasteiger partial charge in [-0.2, -0.15) is 4.98 Å². The van der Waals surface area contributed by atoms with Crippen molar-refractivity contribution in [2.24, 2.45) is 0 Å². The number of nitrogen functional groups attached to an aromatic ring is 1. The molecule has 2 N–H and O–H groups in total. The minimum Gasteiger partial charge on any atom is -0.473 e. The summed E-state index contributed by atoms with van der Waals surface area (Å²) < 4.78 is 5.52. The molecule has 0 aliphatic rings. The van der Waals surface area contributed by atoms with Crippen LogP contribution >= 0.6 is 11.6 Å². The zero-order chi connectivity index (χ0) is 12.3. The maximum absolute atomic E-state index is 5.79. The molecule has 17 heavy (non-hydrogen) atoms. The zero-order valence-corrected chi connectivity index (χ0v) is 10.1. The first-order chi connectivity index (χ1) is 8.13. The van der Waals surface area contributed by atoms with Gasteiger partial charge in [0.2, 0.25) is 11.8 Å². The van der Waals surface area contributed by atoms with Crippen LogP contribution < -0.4 is 10.5 Å². The summed E-state index contributed by atoms with van der Waals surface area (Å²) in [6.45, 7) is 2.26. The van der Waals surface area contributed by atoms with Crippen LogP contribution in [0.4, 0.5) is 5.95 Å². The minimum absolute atomic E-state index is 0.219. The third kappa shape index (κ3) is 3.32. The fraction of sp³-hybridized carbons (Fsp3) is 0.167. The normalized spacial score (nSPS) is 10.2. The SMILES string of the molecule is Cc1cc(OCc2ccc(Cl)cc2)nc(N)n1. The van der Waals surface area contributed by atoms with E-state index in [1.54, 1.807) is 6.07 Å². The van der Waals surface area contributed by atoms with Gasteiger partial charge in [0, 0.05) is 16.8 Å². The monoisotopic (exact) mass is 249 g/mol. The largest absolute Gasteiger partial charge is 0.473 e. The number of nitrogens with zero attached hydrogens (tertiary/aromatic N) is 2. The van der Waals surface area contributed by atoms with Gasteiger partial charge >= 0.3 is 0 Å². The van der Waals surface area contributed by atoms with E-state index in [4.69, 9.17) is 22.1 Å². The van der Waals surface area contributed by atoms with Crippen molar-refractivity contribution < 1.29 is 4.74 Å². The minimum atomic E-state index is 0.219. The maximum Gasteiger partial charge on any atom is 0.223 e. The van der Waals surface area contributed by atoms with Gasteiger partial charge in [-0.1, -0.05) is 23.7 Å². The lowest BCUT2D eigenvalue weighted by molar-refractivity contribution is 0.293. The second-order valence-corrected chi connectivity index (χ2v) is 4.06. The Kier molecular flexibility index (Phi) is 3.44. The van der Waals surface area contributed by atoms with Gasteiger partial charge in [-0.15, -0.1) is 0 Å². The average Bonchev–Trinajstić information content (AvgIpc) is 2.27. The molecule has 2 rings (SSSR count). The van der Waals surface area contributed by atoms with Gasteiger partial charge in [-0.25, -0.2) is 4.98 Å². The number of ether oxygens (including phenoxy) is 1. The molecule has 0 fully saturated rings. The summed E-state index contributed by atoms with van der Waals surface area (Å²) in [5, 5.41) is 0.705. The van der Waals surface area contributed by atoms with Gasteiger partial charge in [-0.05, 0) is 24.6 Å². The average molecular weight is 250 g/mol. The lowest BCUT2D eigenvalue weighted by Crippen LogP contribution is -2.02. The zero-order valence-electron chi connectivity index (χ0n) is 9.35. The van der Waals surface area contributed by atoms with Crippen LogP contribution in [0.5, 0.6) is 5.88 Å². The Balaban J connectivity index is 2.04. The molecule has 0 aliphatic heterocycles. The van der Waals surface area contributed by atoms with E-state index >= 15 is 0 Å². The summed E-state index contributed by atoms with van der Waals surface area (Å²) in [5.74, 6) is 0.695. The van der Waals surface area contributed by atoms with Crippen LogP contribution in [0.25, 0.3) is 0 Å². The highest BCUT2D eigenvalue weighted by Crippen LogP contribution is 2.14. The van der Waals surface area contributed by atoms with E-state index < -0.39 is 0 Å². The number of hydrogen-bond acceptors (Lipinski definition) is 4. The molecular weight excluding hydrogens is 238 g/mol. The van der Waals surface area contributed by atoms with Gasteiger partial charge in [0.05, 0.1) is 0 Å². The first-order valence-electron chi connectivity index (χ1n) is 5.12. The van der Waals surface area contributed by atoms with Crippen molar-refractivity contribution in [1.82, 2.24) is 9.97 Å². The van der Waals surface area contributed by atoms with Gasteiger partial charge in [0.25, 0.3) is 0 Å². The van der Waals surface area contributed by atoms with Crippen LogP contribution in [0.2, 0.25) is 5.02 Å². The van der Waals surface area contributed by atoms with Crippen LogP contribution in [-0.4, -0.2) is 9.97 Å². The highest BCUT2D eigenvalue weighted by Gasteiger charge is 2.01. The van der Waals surface area contributed by atoms with E-state index in [9.17, 15) is 0 Å². The highest BCUT2D eigenvalue weighted by molar-refractivity contribution is 6.30. The fourth-order valence-corrected chi connectivity index (χ4v) is 1.50. The number of halogens is 1. The Labute approximate surface area is 104 Å². The summed E-state index contributed by atoms with van der Waals surface area (Å²) in [4.78, 5) is 7.96. The molecule has 1 heterocycles. The predicted octanol–water partition coefficient (Wildman–Crippen LogP) is 2.60. The van der Waals surface area contributed by atoms with Crippen LogP contribution in [0.3, 0.4) is 0 Å². The third-order valence-corrected chi connectivity index (χ3v) is 2.40. The Morgan fingerprint density at radius 3 is 2.59 bits per heavy atom. The van der Waals surface area contributed by atoms with Crippen LogP contribution in [0.1, 0.15) is 11.3 Å². The fourth-order valence-electron chi connectivity index (χ4n) is 1.37. The smallest absolute Gasteiger partial charge is 0.223 e. The molecule has 0 spiro atoms. The Morgan fingerprint density at radius 1 is 1.24 bits per heavy atom.